The van der Waals surface area contributed by atoms with Crippen molar-refractivity contribution in [2.45, 2.75) is 0 Å². The van der Waals surface area contributed by atoms with Crippen LogP contribution in [0.4, 0.5) is 11.6 Å². The first kappa shape index (κ1) is 6.80. The topological polar surface area (TPSA) is 113 Å². The van der Waals surface area contributed by atoms with Crippen molar-refractivity contribution in [2.75, 3.05) is 11.2 Å². The van der Waals surface area contributed by atoms with Gasteiger partial charge >= 0.3 is 0 Å². The van der Waals surface area contributed by atoms with Gasteiger partial charge in [0.15, 0.2) is 11.5 Å². The van der Waals surface area contributed by atoms with Gasteiger partial charge in [0.05, 0.1) is 0 Å². The first-order valence-electron chi connectivity index (χ1n) is 3.17. The van der Waals surface area contributed by atoms with Gasteiger partial charge in [0.25, 0.3) is 0 Å². The van der Waals surface area contributed by atoms with Crippen LogP contribution < -0.4 is 11.2 Å². The van der Waals surface area contributed by atoms with Gasteiger partial charge in [-0.1, -0.05) is 0 Å². The van der Waals surface area contributed by atoms with Crippen LogP contribution in [-0.2, 0) is 0 Å². The van der Waals surface area contributed by atoms with Crippen molar-refractivity contribution in [2.24, 2.45) is 0 Å². The second-order valence-corrected chi connectivity index (χ2v) is 2.17. The van der Waals surface area contributed by atoms with Crippen molar-refractivity contribution >= 4 is 22.7 Å². The summed E-state index contributed by atoms with van der Waals surface area (Å²) in [5.41, 5.74) is 7.84. The first-order valence-corrected chi connectivity index (χ1v) is 3.17. The molecule has 0 saturated carbocycles. The Bertz CT molecular complexity index is 409. The number of H-pyrrole nitrogens is 1. The van der Waals surface area contributed by atoms with Gasteiger partial charge in [-0.2, -0.15) is 5.10 Å². The molecule has 0 aliphatic rings. The summed E-state index contributed by atoms with van der Waals surface area (Å²) in [5.74, 6) is 0.563. The fraction of sp³-hybridized carbons (Fsp3) is 0. The number of hydrogen-bond donors (Lipinski definition) is 4. The minimum absolute atomic E-state index is 0.269. The minimum atomic E-state index is 0.269. The fourth-order valence-electron chi connectivity index (χ4n) is 0.960. The Kier molecular flexibility index (Phi) is 1.31. The predicted octanol–water partition coefficient (Wildman–Crippen LogP) is -0.264. The number of nitrogens with one attached hydrogen (secondary N) is 2. The van der Waals surface area contributed by atoms with Crippen LogP contribution in [-0.4, -0.2) is 25.4 Å². The summed E-state index contributed by atoms with van der Waals surface area (Å²) >= 11 is 0. The molecule has 0 atom stereocenters. The van der Waals surface area contributed by atoms with Crippen LogP contribution in [0.1, 0.15) is 0 Å². The van der Waals surface area contributed by atoms with E-state index >= 15 is 0 Å². The lowest BCUT2D eigenvalue weighted by Gasteiger charge is -1.95. The van der Waals surface area contributed by atoms with Gasteiger partial charge < -0.3 is 5.73 Å². The summed E-state index contributed by atoms with van der Waals surface area (Å²) in [6.07, 6.45) is 1.31. The molecular weight excluding hydrogens is 160 g/mol. The molecule has 0 aliphatic heterocycles. The van der Waals surface area contributed by atoms with E-state index in [-0.39, 0.29) is 5.82 Å². The summed E-state index contributed by atoms with van der Waals surface area (Å²) < 4.78 is 0. The molecule has 0 fully saturated rings. The quantitative estimate of drug-likeness (QED) is 0.434. The smallest absolute Gasteiger partial charge is 0.188 e. The molecule has 0 aromatic carbocycles. The second-order valence-electron chi connectivity index (χ2n) is 2.17. The highest BCUT2D eigenvalue weighted by Crippen LogP contribution is 2.21. The van der Waals surface area contributed by atoms with E-state index in [0.717, 1.165) is 0 Å². The number of fused-ring (bicyclic) bond motifs is 1. The Balaban J connectivity index is 2.83. The van der Waals surface area contributed by atoms with Crippen molar-refractivity contribution in [3.63, 3.8) is 0 Å². The monoisotopic (exact) mass is 166 g/mol. The Morgan fingerprint density at radius 2 is 2.33 bits per heavy atom. The Morgan fingerprint density at radius 1 is 1.50 bits per heavy atom. The zero-order chi connectivity index (χ0) is 8.55. The van der Waals surface area contributed by atoms with Crippen LogP contribution in [0, 0.1) is 0 Å². The molecule has 62 valence electrons. The maximum Gasteiger partial charge on any atom is 0.188 e. The summed E-state index contributed by atoms with van der Waals surface area (Å²) in [7, 11) is 0. The number of aromatic amines is 1. The third kappa shape index (κ3) is 0.768. The normalized spacial score (nSPS) is 10.4. The summed E-state index contributed by atoms with van der Waals surface area (Å²) in [5, 5.41) is 15.4. The van der Waals surface area contributed by atoms with E-state index < -0.39 is 0 Å². The molecule has 0 bridgehead atoms. The van der Waals surface area contributed by atoms with Crippen LogP contribution >= 0.6 is 0 Å². The average Bonchev–Trinajstić information content (AvgIpc) is 2.49. The number of hydrogen-bond acceptors (Lipinski definition) is 6. The second kappa shape index (κ2) is 2.31. The molecule has 7 heteroatoms. The molecule has 2 aromatic heterocycles. The summed E-state index contributed by atoms with van der Waals surface area (Å²) in [4.78, 5) is 7.57. The molecule has 0 unspecified atom stereocenters. The van der Waals surface area contributed by atoms with Gasteiger partial charge in [0.1, 0.15) is 17.5 Å². The van der Waals surface area contributed by atoms with E-state index in [1.165, 1.54) is 6.33 Å². The highest BCUT2D eigenvalue weighted by Gasteiger charge is 2.08. The van der Waals surface area contributed by atoms with E-state index in [9.17, 15) is 0 Å². The molecule has 0 radical (unpaired) electrons. The highest BCUT2D eigenvalue weighted by atomic mass is 16.5. The Labute approximate surface area is 66.6 Å². The van der Waals surface area contributed by atoms with Gasteiger partial charge in [-0.05, 0) is 0 Å². The zero-order valence-electron chi connectivity index (χ0n) is 5.94. The molecular formula is C5H6N6O. The number of nitrogen functional groups attached to an aromatic ring is 1. The highest BCUT2D eigenvalue weighted by molar-refractivity contribution is 5.94. The molecule has 7 nitrogen and oxygen atoms in total. The van der Waals surface area contributed by atoms with Gasteiger partial charge in [-0.15, -0.1) is 0 Å². The van der Waals surface area contributed by atoms with Crippen LogP contribution in [0.2, 0.25) is 0 Å². The zero-order valence-corrected chi connectivity index (χ0v) is 5.94. The minimum Gasteiger partial charge on any atom is -0.383 e. The third-order valence-corrected chi connectivity index (χ3v) is 1.49. The number of aromatic nitrogens is 4. The lowest BCUT2D eigenvalue weighted by Crippen LogP contribution is -1.95. The fourth-order valence-corrected chi connectivity index (χ4v) is 0.960. The predicted molar refractivity (Wildman–Crippen MR) is 41.5 cm³/mol. The molecule has 2 rings (SSSR count). The van der Waals surface area contributed by atoms with Gasteiger partial charge in [0.2, 0.25) is 0 Å². The molecule has 0 amide bonds. The average molecular weight is 166 g/mol. The van der Waals surface area contributed by atoms with Crippen molar-refractivity contribution in [1.29, 1.82) is 0 Å². The van der Waals surface area contributed by atoms with E-state index in [1.807, 2.05) is 5.48 Å². The van der Waals surface area contributed by atoms with Crippen LogP contribution in [0.5, 0.6) is 0 Å². The Hall–Kier alpha value is -1.89. The molecule has 2 aromatic rings. The largest absolute Gasteiger partial charge is 0.383 e. The molecule has 0 saturated heterocycles. The van der Waals surface area contributed by atoms with E-state index in [1.54, 1.807) is 0 Å². The third-order valence-electron chi connectivity index (χ3n) is 1.49. The van der Waals surface area contributed by atoms with Crippen molar-refractivity contribution in [1.82, 2.24) is 20.2 Å². The maximum atomic E-state index is 8.62. The van der Waals surface area contributed by atoms with Crippen molar-refractivity contribution < 1.29 is 5.21 Å². The first-order chi connectivity index (χ1) is 5.83. The Morgan fingerprint density at radius 3 is 3.08 bits per heavy atom. The SMILES string of the molecule is Nc1ncnc2n[nH]c(NO)c12. The van der Waals surface area contributed by atoms with Gasteiger partial charge in [0, 0.05) is 0 Å². The molecule has 12 heavy (non-hydrogen) atoms. The number of anilines is 2. The van der Waals surface area contributed by atoms with Crippen LogP contribution in [0.15, 0.2) is 6.33 Å². The lowest BCUT2D eigenvalue weighted by molar-refractivity contribution is 0.386. The summed E-state index contributed by atoms with van der Waals surface area (Å²) in [6, 6.07) is 0. The van der Waals surface area contributed by atoms with E-state index in [0.29, 0.717) is 16.9 Å². The van der Waals surface area contributed by atoms with Crippen molar-refractivity contribution in [3.05, 3.63) is 6.33 Å². The number of nitrogens with zero attached hydrogens (tertiary/aromatic N) is 3. The van der Waals surface area contributed by atoms with E-state index in [2.05, 4.69) is 20.2 Å². The van der Waals surface area contributed by atoms with Gasteiger partial charge in [-0.3, -0.25) is 15.8 Å². The molecule has 2 heterocycles. The summed E-state index contributed by atoms with van der Waals surface area (Å²) in [6.45, 7) is 0. The van der Waals surface area contributed by atoms with Crippen LogP contribution in [0.25, 0.3) is 11.0 Å². The molecule has 0 spiro atoms. The standard InChI is InChI=1S/C5H6N6O/c6-3-2-4(8-1-7-3)9-10-5(2)11-12/h1,12H,(H4,6,7,8,9,10,11). The number of nitrogens with two attached hydrogens (primary N) is 1. The lowest BCUT2D eigenvalue weighted by atomic mass is 10.4. The molecule has 0 aliphatic carbocycles. The van der Waals surface area contributed by atoms with E-state index in [4.69, 9.17) is 10.9 Å². The van der Waals surface area contributed by atoms with Gasteiger partial charge in [-0.25, -0.2) is 9.97 Å². The number of rotatable bonds is 1. The van der Waals surface area contributed by atoms with Crippen molar-refractivity contribution in [3.8, 4) is 0 Å². The van der Waals surface area contributed by atoms with Crippen LogP contribution in [0.3, 0.4) is 0 Å². The maximum absolute atomic E-state index is 8.62. The molecule has 5 N–H and O–H groups in total.